The Morgan fingerprint density at radius 2 is 2.06 bits per heavy atom. The summed E-state index contributed by atoms with van der Waals surface area (Å²) in [4.78, 5) is 15.8. The zero-order chi connectivity index (χ0) is 13.1. The Balaban J connectivity index is 2.01. The molecule has 5 nitrogen and oxygen atoms in total. The van der Waals surface area contributed by atoms with Crippen molar-refractivity contribution in [2.45, 2.75) is 12.8 Å². The van der Waals surface area contributed by atoms with Gasteiger partial charge in [-0.25, -0.2) is 4.99 Å². The number of amides is 1. The van der Waals surface area contributed by atoms with Crippen LogP contribution in [0, 0.1) is 5.92 Å². The second kappa shape index (κ2) is 5.14. The molecule has 94 valence electrons. The quantitative estimate of drug-likeness (QED) is 0.321. The average Bonchev–Trinajstić information content (AvgIpc) is 3.12. The lowest BCUT2D eigenvalue weighted by atomic mass is 10.2. The van der Waals surface area contributed by atoms with Crippen LogP contribution in [0.25, 0.3) is 0 Å². The monoisotopic (exact) mass is 262 g/mol. The number of rotatable bonds is 2. The number of hydrogen-bond donors (Lipinski definition) is 3. The van der Waals surface area contributed by atoms with Crippen molar-refractivity contribution in [2.75, 3.05) is 5.73 Å². The summed E-state index contributed by atoms with van der Waals surface area (Å²) in [5.41, 5.74) is 12.2. The lowest BCUT2D eigenvalue weighted by molar-refractivity contribution is 0.0978. The molecule has 1 aromatic rings. The number of nitrogens with two attached hydrogens (primary N) is 2. The highest BCUT2D eigenvalue weighted by atomic mass is 32.1. The number of aliphatic imine (C=N–C) groups is 1. The van der Waals surface area contributed by atoms with Gasteiger partial charge >= 0.3 is 0 Å². The fourth-order valence-electron chi connectivity index (χ4n) is 1.48. The number of benzene rings is 1. The molecular formula is C12H14N4OS. The SMILES string of the molecule is NC(=NC(=S)NC(=O)c1ccccc1N)C1CC1. The van der Waals surface area contributed by atoms with Crippen LogP contribution < -0.4 is 16.8 Å². The van der Waals surface area contributed by atoms with Gasteiger partial charge in [0.25, 0.3) is 5.91 Å². The number of nitrogens with zero attached hydrogens (tertiary/aromatic N) is 1. The minimum absolute atomic E-state index is 0.0765. The normalized spacial score (nSPS) is 15.2. The number of hydrogen-bond acceptors (Lipinski definition) is 3. The smallest absolute Gasteiger partial charge is 0.259 e. The Morgan fingerprint density at radius 3 is 2.67 bits per heavy atom. The largest absolute Gasteiger partial charge is 0.398 e. The van der Waals surface area contributed by atoms with E-state index in [0.29, 0.717) is 23.0 Å². The highest BCUT2D eigenvalue weighted by Crippen LogP contribution is 2.28. The van der Waals surface area contributed by atoms with Gasteiger partial charge in [-0.15, -0.1) is 0 Å². The minimum atomic E-state index is -0.370. The second-order valence-corrected chi connectivity index (χ2v) is 4.54. The number of nitrogens with one attached hydrogen (secondary N) is 1. The van der Waals surface area contributed by atoms with Crippen LogP contribution in [0.2, 0.25) is 0 Å². The van der Waals surface area contributed by atoms with Crippen LogP contribution in [0.4, 0.5) is 5.69 Å². The summed E-state index contributed by atoms with van der Waals surface area (Å²) in [5, 5.41) is 2.57. The van der Waals surface area contributed by atoms with Crippen molar-refractivity contribution < 1.29 is 4.79 Å². The number of carbonyl (C=O) groups excluding carboxylic acids is 1. The van der Waals surface area contributed by atoms with Crippen LogP contribution >= 0.6 is 12.2 Å². The van der Waals surface area contributed by atoms with E-state index in [2.05, 4.69) is 10.3 Å². The first-order chi connectivity index (χ1) is 8.58. The third-order valence-corrected chi connectivity index (χ3v) is 2.85. The summed E-state index contributed by atoms with van der Waals surface area (Å²) in [5.74, 6) is 0.438. The molecule has 2 rings (SSSR count). The predicted octanol–water partition coefficient (Wildman–Crippen LogP) is 1.05. The van der Waals surface area contributed by atoms with Gasteiger partial charge in [-0.2, -0.15) is 0 Å². The second-order valence-electron chi connectivity index (χ2n) is 4.16. The van der Waals surface area contributed by atoms with Gasteiger partial charge in [0.2, 0.25) is 5.11 Å². The Hall–Kier alpha value is -1.95. The molecule has 0 aromatic heterocycles. The molecule has 0 radical (unpaired) electrons. The van der Waals surface area contributed by atoms with Crippen molar-refractivity contribution in [3.05, 3.63) is 29.8 Å². The van der Waals surface area contributed by atoms with Crippen molar-refractivity contribution in [1.29, 1.82) is 0 Å². The fraction of sp³-hybridized carbons (Fsp3) is 0.250. The van der Waals surface area contributed by atoms with Crippen molar-refractivity contribution >= 4 is 34.8 Å². The average molecular weight is 262 g/mol. The standard InChI is InChI=1S/C12H14N4OS/c13-9-4-2-1-3-8(9)11(17)16-12(18)15-10(14)7-5-6-7/h1-4,7H,5-6,13H2,(H3,14,15,16,17,18). The number of carbonyl (C=O) groups is 1. The molecule has 0 unspecified atom stereocenters. The number of anilines is 1. The first kappa shape index (κ1) is 12.5. The molecule has 0 spiro atoms. The molecule has 1 aromatic carbocycles. The number of para-hydroxylation sites is 1. The molecular weight excluding hydrogens is 248 g/mol. The van der Waals surface area contributed by atoms with Crippen molar-refractivity contribution in [3.63, 3.8) is 0 Å². The highest BCUT2D eigenvalue weighted by Gasteiger charge is 2.25. The van der Waals surface area contributed by atoms with Crippen LogP contribution in [-0.2, 0) is 0 Å². The van der Waals surface area contributed by atoms with E-state index in [4.69, 9.17) is 23.7 Å². The summed E-state index contributed by atoms with van der Waals surface area (Å²) in [6.07, 6.45) is 2.08. The van der Waals surface area contributed by atoms with Crippen LogP contribution in [0.5, 0.6) is 0 Å². The van der Waals surface area contributed by atoms with E-state index in [1.54, 1.807) is 24.3 Å². The molecule has 1 aliphatic rings. The van der Waals surface area contributed by atoms with Gasteiger partial charge in [0.15, 0.2) is 0 Å². The molecule has 0 bridgehead atoms. The predicted molar refractivity (Wildman–Crippen MR) is 75.3 cm³/mol. The molecule has 0 saturated heterocycles. The van der Waals surface area contributed by atoms with Gasteiger partial charge in [0, 0.05) is 11.6 Å². The Kier molecular flexibility index (Phi) is 3.57. The molecule has 0 atom stereocenters. The fourth-order valence-corrected chi connectivity index (χ4v) is 1.68. The lowest BCUT2D eigenvalue weighted by Crippen LogP contribution is -2.30. The van der Waals surface area contributed by atoms with E-state index in [1.165, 1.54) is 0 Å². The minimum Gasteiger partial charge on any atom is -0.398 e. The van der Waals surface area contributed by atoms with Gasteiger partial charge in [-0.05, 0) is 37.2 Å². The van der Waals surface area contributed by atoms with Gasteiger partial charge in [-0.3, -0.25) is 10.1 Å². The molecule has 0 heterocycles. The maximum Gasteiger partial charge on any atom is 0.259 e. The third kappa shape index (κ3) is 3.04. The van der Waals surface area contributed by atoms with E-state index in [-0.39, 0.29) is 11.0 Å². The molecule has 1 aliphatic carbocycles. The highest BCUT2D eigenvalue weighted by molar-refractivity contribution is 7.80. The van der Waals surface area contributed by atoms with E-state index in [9.17, 15) is 4.79 Å². The van der Waals surface area contributed by atoms with Crippen molar-refractivity contribution in [3.8, 4) is 0 Å². The topological polar surface area (TPSA) is 93.5 Å². The van der Waals surface area contributed by atoms with Crippen LogP contribution in [-0.4, -0.2) is 16.9 Å². The summed E-state index contributed by atoms with van der Waals surface area (Å²) in [7, 11) is 0. The maximum atomic E-state index is 11.9. The molecule has 5 N–H and O–H groups in total. The number of thiocarbonyl (C=S) groups is 1. The number of nitrogen functional groups attached to an aromatic ring is 1. The summed E-state index contributed by atoms with van der Waals surface area (Å²) in [6, 6.07) is 6.77. The van der Waals surface area contributed by atoms with Gasteiger partial charge in [0.05, 0.1) is 5.56 Å². The molecule has 18 heavy (non-hydrogen) atoms. The Labute approximate surface area is 110 Å². The van der Waals surface area contributed by atoms with E-state index < -0.39 is 0 Å². The Bertz CT molecular complexity index is 523. The zero-order valence-corrected chi connectivity index (χ0v) is 10.5. The zero-order valence-electron chi connectivity index (χ0n) is 9.72. The van der Waals surface area contributed by atoms with Crippen LogP contribution in [0.3, 0.4) is 0 Å². The van der Waals surface area contributed by atoms with E-state index in [0.717, 1.165) is 12.8 Å². The van der Waals surface area contributed by atoms with Gasteiger partial charge in [0.1, 0.15) is 5.84 Å². The maximum absolute atomic E-state index is 11.9. The molecule has 1 amide bonds. The third-order valence-electron chi connectivity index (χ3n) is 2.65. The lowest BCUT2D eigenvalue weighted by Gasteiger charge is -2.06. The van der Waals surface area contributed by atoms with Gasteiger partial charge < -0.3 is 11.5 Å². The van der Waals surface area contributed by atoms with E-state index in [1.807, 2.05) is 0 Å². The van der Waals surface area contributed by atoms with Crippen molar-refractivity contribution in [2.24, 2.45) is 16.6 Å². The Morgan fingerprint density at radius 1 is 1.39 bits per heavy atom. The van der Waals surface area contributed by atoms with Crippen LogP contribution in [0.15, 0.2) is 29.3 Å². The van der Waals surface area contributed by atoms with Crippen LogP contribution in [0.1, 0.15) is 23.2 Å². The molecule has 1 fully saturated rings. The first-order valence-corrected chi connectivity index (χ1v) is 6.02. The summed E-state index contributed by atoms with van der Waals surface area (Å²) >= 11 is 4.96. The number of amidine groups is 1. The summed E-state index contributed by atoms with van der Waals surface area (Å²) < 4.78 is 0. The van der Waals surface area contributed by atoms with Crippen molar-refractivity contribution in [1.82, 2.24) is 5.32 Å². The molecule has 6 heteroatoms. The van der Waals surface area contributed by atoms with Gasteiger partial charge in [-0.1, -0.05) is 12.1 Å². The summed E-state index contributed by atoms with van der Waals surface area (Å²) in [6.45, 7) is 0. The van der Waals surface area contributed by atoms with E-state index >= 15 is 0 Å². The molecule has 1 saturated carbocycles. The first-order valence-electron chi connectivity index (χ1n) is 5.62. The molecule has 0 aliphatic heterocycles.